The van der Waals surface area contributed by atoms with Crippen molar-refractivity contribution < 1.29 is 0 Å². The highest BCUT2D eigenvalue weighted by Crippen LogP contribution is 2.30. The average Bonchev–Trinajstić information content (AvgIpc) is 2.86. The van der Waals surface area contributed by atoms with Gasteiger partial charge in [0.25, 0.3) is 0 Å². The zero-order valence-corrected chi connectivity index (χ0v) is 12.5. The van der Waals surface area contributed by atoms with E-state index in [-0.39, 0.29) is 5.38 Å². The van der Waals surface area contributed by atoms with Gasteiger partial charge < -0.3 is 4.57 Å². The van der Waals surface area contributed by atoms with Crippen LogP contribution in [0.4, 0.5) is 0 Å². The first kappa shape index (κ1) is 13.4. The van der Waals surface area contributed by atoms with Gasteiger partial charge in [0.15, 0.2) is 5.65 Å². The van der Waals surface area contributed by atoms with Gasteiger partial charge in [0.1, 0.15) is 11.3 Å². The van der Waals surface area contributed by atoms with Crippen LogP contribution in [0.25, 0.3) is 11.2 Å². The molecule has 0 fully saturated rings. The Morgan fingerprint density at radius 3 is 2.44 bits per heavy atom. The molecule has 0 bridgehead atoms. The van der Waals surface area contributed by atoms with E-state index in [1.54, 1.807) is 0 Å². The largest absolute Gasteiger partial charge is 0.309 e. The van der Waals surface area contributed by atoms with Gasteiger partial charge in [0.05, 0.1) is 11.1 Å². The van der Waals surface area contributed by atoms with Gasteiger partial charge in [0.2, 0.25) is 0 Å². The summed E-state index contributed by atoms with van der Waals surface area (Å²) in [4.78, 5) is 4.72. The Balaban J connectivity index is 2.77. The lowest BCUT2D eigenvalue weighted by Gasteiger charge is -2.16. The van der Waals surface area contributed by atoms with E-state index < -0.39 is 0 Å². The molecule has 0 aromatic carbocycles. The first-order chi connectivity index (χ1) is 8.51. The number of fused-ring (bicyclic) bond motifs is 1. The molecular formula is C13H21ClN4. The highest BCUT2D eigenvalue weighted by molar-refractivity contribution is 6.20. The van der Waals surface area contributed by atoms with E-state index in [2.05, 4.69) is 30.4 Å². The molecule has 2 aromatic rings. The number of nitrogens with zero attached hydrogens (tertiary/aromatic N) is 4. The molecule has 0 aliphatic rings. The second-order valence-corrected chi connectivity index (χ2v) is 5.46. The summed E-state index contributed by atoms with van der Waals surface area (Å²) in [5.41, 5.74) is 3.14. The minimum absolute atomic E-state index is 0.0869. The summed E-state index contributed by atoms with van der Waals surface area (Å²) >= 11 is 6.27. The van der Waals surface area contributed by atoms with Crippen molar-refractivity contribution in [3.05, 3.63) is 11.5 Å². The van der Waals surface area contributed by atoms with E-state index in [1.165, 1.54) is 0 Å². The Bertz CT molecular complexity index is 553. The van der Waals surface area contributed by atoms with Gasteiger partial charge in [-0.1, -0.05) is 13.8 Å². The van der Waals surface area contributed by atoms with Crippen molar-refractivity contribution in [2.75, 3.05) is 0 Å². The zero-order chi connectivity index (χ0) is 13.4. The Kier molecular flexibility index (Phi) is 3.66. The van der Waals surface area contributed by atoms with Crippen LogP contribution in [0.1, 0.15) is 57.1 Å². The van der Waals surface area contributed by atoms with Crippen molar-refractivity contribution >= 4 is 22.8 Å². The highest BCUT2D eigenvalue weighted by atomic mass is 35.5. The molecule has 0 saturated heterocycles. The highest BCUT2D eigenvalue weighted by Gasteiger charge is 2.23. The lowest BCUT2D eigenvalue weighted by atomic mass is 10.2. The van der Waals surface area contributed by atoms with E-state index in [0.29, 0.717) is 6.04 Å². The normalized spacial score (nSPS) is 15.2. The molecule has 2 unspecified atom stereocenters. The molecule has 0 saturated carbocycles. The molecule has 2 atom stereocenters. The summed E-state index contributed by atoms with van der Waals surface area (Å²) in [6.45, 7) is 8.45. The number of aromatic nitrogens is 4. The molecule has 0 aliphatic carbocycles. The molecule has 5 heteroatoms. The van der Waals surface area contributed by atoms with Crippen LogP contribution in [0.2, 0.25) is 0 Å². The molecule has 0 aliphatic heterocycles. The summed E-state index contributed by atoms with van der Waals surface area (Å²) in [7, 11) is 1.98. The van der Waals surface area contributed by atoms with Gasteiger partial charge >= 0.3 is 0 Å². The molecule has 0 N–H and O–H groups in total. The Morgan fingerprint density at radius 2 is 1.94 bits per heavy atom. The lowest BCUT2D eigenvalue weighted by molar-refractivity contribution is 0.510. The quantitative estimate of drug-likeness (QED) is 0.794. The van der Waals surface area contributed by atoms with E-state index >= 15 is 0 Å². The first-order valence-electron chi connectivity index (χ1n) is 6.58. The maximum Gasteiger partial charge on any atom is 0.158 e. The summed E-state index contributed by atoms with van der Waals surface area (Å²) in [6, 6.07) is 0.381. The predicted molar refractivity (Wildman–Crippen MR) is 75.1 cm³/mol. The first-order valence-corrected chi connectivity index (χ1v) is 7.02. The van der Waals surface area contributed by atoms with Gasteiger partial charge in [-0.25, -0.2) is 4.98 Å². The minimum atomic E-state index is -0.0869. The Morgan fingerprint density at radius 1 is 1.28 bits per heavy atom. The van der Waals surface area contributed by atoms with E-state index in [0.717, 1.165) is 35.5 Å². The SMILES string of the molecule is CCc1nn(C)c2c1nc(C(C)Cl)n2C(C)CC. The zero-order valence-electron chi connectivity index (χ0n) is 11.7. The number of aryl methyl sites for hydroxylation is 2. The maximum atomic E-state index is 6.27. The summed E-state index contributed by atoms with van der Waals surface area (Å²) < 4.78 is 4.16. The van der Waals surface area contributed by atoms with Crippen molar-refractivity contribution in [1.29, 1.82) is 0 Å². The van der Waals surface area contributed by atoms with Crippen molar-refractivity contribution in [1.82, 2.24) is 19.3 Å². The molecule has 100 valence electrons. The van der Waals surface area contributed by atoms with E-state index in [1.807, 2.05) is 18.7 Å². The van der Waals surface area contributed by atoms with Gasteiger partial charge in [-0.15, -0.1) is 11.6 Å². The second kappa shape index (κ2) is 4.92. The molecule has 2 rings (SSSR count). The van der Waals surface area contributed by atoms with Crippen LogP contribution in [0.15, 0.2) is 0 Å². The van der Waals surface area contributed by atoms with Crippen LogP contribution < -0.4 is 0 Å². The molecule has 18 heavy (non-hydrogen) atoms. The molecule has 0 spiro atoms. The van der Waals surface area contributed by atoms with Crippen molar-refractivity contribution in [3.8, 4) is 0 Å². The fraction of sp³-hybridized carbons (Fsp3) is 0.692. The standard InChI is InChI=1S/C13H21ClN4/c1-6-8(3)18-12(9(4)14)15-11-10(7-2)16-17(5)13(11)18/h8-9H,6-7H2,1-5H3. The summed E-state index contributed by atoms with van der Waals surface area (Å²) in [5.74, 6) is 0.948. The third-order valence-electron chi connectivity index (χ3n) is 3.49. The Labute approximate surface area is 113 Å². The molecule has 2 aromatic heterocycles. The third kappa shape index (κ3) is 1.92. The van der Waals surface area contributed by atoms with Crippen LogP contribution in [0.3, 0.4) is 0 Å². The smallest absolute Gasteiger partial charge is 0.158 e. The van der Waals surface area contributed by atoms with Crippen LogP contribution >= 0.6 is 11.6 Å². The van der Waals surface area contributed by atoms with Crippen molar-refractivity contribution in [2.24, 2.45) is 7.05 Å². The van der Waals surface area contributed by atoms with Crippen LogP contribution in [0.5, 0.6) is 0 Å². The number of hydrogen-bond acceptors (Lipinski definition) is 2. The lowest BCUT2D eigenvalue weighted by Crippen LogP contribution is -2.11. The van der Waals surface area contributed by atoms with E-state index in [4.69, 9.17) is 16.6 Å². The molecule has 0 amide bonds. The molecule has 4 nitrogen and oxygen atoms in total. The molecule has 2 heterocycles. The minimum Gasteiger partial charge on any atom is -0.309 e. The van der Waals surface area contributed by atoms with Crippen molar-refractivity contribution in [2.45, 2.75) is 52.0 Å². The maximum absolute atomic E-state index is 6.27. The number of halogens is 1. The number of alkyl halides is 1. The summed E-state index contributed by atoms with van der Waals surface area (Å²) in [6.07, 6.45) is 1.94. The van der Waals surface area contributed by atoms with Gasteiger partial charge in [-0.2, -0.15) is 5.10 Å². The van der Waals surface area contributed by atoms with Gasteiger partial charge in [-0.3, -0.25) is 4.68 Å². The number of imidazole rings is 1. The topological polar surface area (TPSA) is 35.6 Å². The van der Waals surface area contributed by atoms with Crippen LogP contribution in [0, 0.1) is 0 Å². The molecule has 0 radical (unpaired) electrons. The van der Waals surface area contributed by atoms with E-state index in [9.17, 15) is 0 Å². The third-order valence-corrected chi connectivity index (χ3v) is 3.68. The predicted octanol–water partition coefficient (Wildman–Crippen LogP) is 3.60. The van der Waals surface area contributed by atoms with Crippen LogP contribution in [-0.2, 0) is 13.5 Å². The Hall–Kier alpha value is -1.03. The summed E-state index contributed by atoms with van der Waals surface area (Å²) in [5, 5.41) is 4.45. The van der Waals surface area contributed by atoms with Crippen LogP contribution in [-0.4, -0.2) is 19.3 Å². The van der Waals surface area contributed by atoms with Gasteiger partial charge in [-0.05, 0) is 26.7 Å². The average molecular weight is 269 g/mol. The molecular weight excluding hydrogens is 248 g/mol. The van der Waals surface area contributed by atoms with Gasteiger partial charge in [0, 0.05) is 13.1 Å². The number of hydrogen-bond donors (Lipinski definition) is 0. The fourth-order valence-corrected chi connectivity index (χ4v) is 2.51. The monoisotopic (exact) mass is 268 g/mol. The van der Waals surface area contributed by atoms with Crippen molar-refractivity contribution in [3.63, 3.8) is 0 Å². The number of rotatable bonds is 4. The second-order valence-electron chi connectivity index (χ2n) is 4.81. The fourth-order valence-electron chi connectivity index (χ4n) is 2.36.